The Labute approximate surface area is 156 Å². The van der Waals surface area contributed by atoms with Crippen LogP contribution in [0.1, 0.15) is 21.7 Å². The molecule has 0 unspecified atom stereocenters. The molecule has 4 rings (SSSR count). The van der Waals surface area contributed by atoms with Crippen molar-refractivity contribution < 1.29 is 9.21 Å². The van der Waals surface area contributed by atoms with Gasteiger partial charge >= 0.3 is 0 Å². The Hall–Kier alpha value is -3.67. The summed E-state index contributed by atoms with van der Waals surface area (Å²) in [6, 6.07) is 17.2. The molecule has 1 amide bonds. The molecule has 2 aromatic heterocycles. The Balaban J connectivity index is 1.71. The van der Waals surface area contributed by atoms with Crippen LogP contribution in [0.5, 0.6) is 0 Å². The standard InChI is InChI=1S/C21H18N4O2/c1-14-3-7-17(8-4-14)22-21(26)19-23-20(16-11-12-27-13-16)25(24-19)18-9-5-15(2)6-10-18/h3-13H,1-2H3,(H,22,26). The van der Waals surface area contributed by atoms with E-state index < -0.39 is 0 Å². The second kappa shape index (κ2) is 6.92. The van der Waals surface area contributed by atoms with Crippen molar-refractivity contribution in [3.05, 3.63) is 84.1 Å². The molecule has 2 heterocycles. The number of aromatic nitrogens is 3. The Morgan fingerprint density at radius 2 is 1.63 bits per heavy atom. The summed E-state index contributed by atoms with van der Waals surface area (Å²) in [5.74, 6) is 0.267. The van der Waals surface area contributed by atoms with E-state index in [9.17, 15) is 4.79 Å². The van der Waals surface area contributed by atoms with Crippen LogP contribution in [0.2, 0.25) is 0 Å². The maximum atomic E-state index is 12.6. The van der Waals surface area contributed by atoms with Crippen LogP contribution in [0.25, 0.3) is 17.1 Å². The van der Waals surface area contributed by atoms with Crippen LogP contribution in [0.3, 0.4) is 0 Å². The molecular formula is C21H18N4O2. The van der Waals surface area contributed by atoms with Gasteiger partial charge in [-0.25, -0.2) is 9.67 Å². The van der Waals surface area contributed by atoms with Gasteiger partial charge < -0.3 is 9.73 Å². The second-order valence-electron chi connectivity index (χ2n) is 6.34. The van der Waals surface area contributed by atoms with Gasteiger partial charge in [-0.2, -0.15) is 0 Å². The van der Waals surface area contributed by atoms with Gasteiger partial charge in [-0.1, -0.05) is 35.4 Å². The zero-order valence-corrected chi connectivity index (χ0v) is 15.0. The largest absolute Gasteiger partial charge is 0.472 e. The molecule has 4 aromatic rings. The molecule has 27 heavy (non-hydrogen) atoms. The molecule has 0 atom stereocenters. The van der Waals surface area contributed by atoms with E-state index in [1.165, 1.54) is 0 Å². The number of carbonyl (C=O) groups is 1. The van der Waals surface area contributed by atoms with Gasteiger partial charge in [-0.15, -0.1) is 5.10 Å². The predicted octanol–water partition coefficient (Wildman–Crippen LogP) is 4.40. The SMILES string of the molecule is Cc1ccc(NC(=O)c2nc(-c3ccoc3)n(-c3ccc(C)cc3)n2)cc1. The number of nitrogens with one attached hydrogen (secondary N) is 1. The number of anilines is 1. The second-order valence-corrected chi connectivity index (χ2v) is 6.34. The zero-order chi connectivity index (χ0) is 18.8. The molecule has 0 saturated heterocycles. The van der Waals surface area contributed by atoms with E-state index in [1.807, 2.05) is 62.4 Å². The lowest BCUT2D eigenvalue weighted by molar-refractivity contribution is 0.101. The Kier molecular flexibility index (Phi) is 4.30. The predicted molar refractivity (Wildman–Crippen MR) is 103 cm³/mol. The number of aryl methyl sites for hydroxylation is 2. The molecule has 6 heteroatoms. The van der Waals surface area contributed by atoms with Gasteiger partial charge in [0.2, 0.25) is 5.82 Å². The smallest absolute Gasteiger partial charge is 0.295 e. The Morgan fingerprint density at radius 3 is 2.26 bits per heavy atom. The molecule has 0 fully saturated rings. The van der Waals surface area contributed by atoms with Gasteiger partial charge in [0.25, 0.3) is 5.91 Å². The summed E-state index contributed by atoms with van der Waals surface area (Å²) >= 11 is 0. The van der Waals surface area contributed by atoms with Crippen LogP contribution in [-0.2, 0) is 0 Å². The van der Waals surface area contributed by atoms with Gasteiger partial charge in [0.1, 0.15) is 6.26 Å². The summed E-state index contributed by atoms with van der Waals surface area (Å²) in [6.07, 6.45) is 3.14. The molecule has 0 spiro atoms. The van der Waals surface area contributed by atoms with Crippen molar-refractivity contribution in [1.82, 2.24) is 14.8 Å². The van der Waals surface area contributed by atoms with Crippen LogP contribution >= 0.6 is 0 Å². The summed E-state index contributed by atoms with van der Waals surface area (Å²) in [5.41, 5.74) is 4.52. The first kappa shape index (κ1) is 16.8. The minimum Gasteiger partial charge on any atom is -0.472 e. The van der Waals surface area contributed by atoms with E-state index in [-0.39, 0.29) is 11.7 Å². The van der Waals surface area contributed by atoms with Gasteiger partial charge in [-0.05, 0) is 44.2 Å². The fourth-order valence-corrected chi connectivity index (χ4v) is 2.68. The van der Waals surface area contributed by atoms with Gasteiger partial charge in [-0.3, -0.25) is 4.79 Å². The van der Waals surface area contributed by atoms with E-state index in [0.29, 0.717) is 11.5 Å². The van der Waals surface area contributed by atoms with Gasteiger partial charge in [0, 0.05) is 5.69 Å². The summed E-state index contributed by atoms with van der Waals surface area (Å²) in [7, 11) is 0. The van der Waals surface area contributed by atoms with Crippen molar-refractivity contribution in [2.24, 2.45) is 0 Å². The van der Waals surface area contributed by atoms with Crippen LogP contribution in [0.4, 0.5) is 5.69 Å². The lowest BCUT2D eigenvalue weighted by Crippen LogP contribution is -2.14. The third-order valence-corrected chi connectivity index (χ3v) is 4.18. The van der Waals surface area contributed by atoms with E-state index >= 15 is 0 Å². The summed E-state index contributed by atoms with van der Waals surface area (Å²) in [6.45, 7) is 4.01. The molecular weight excluding hydrogens is 340 g/mol. The fourth-order valence-electron chi connectivity index (χ4n) is 2.68. The molecule has 0 aliphatic carbocycles. The summed E-state index contributed by atoms with van der Waals surface area (Å²) in [5, 5.41) is 7.26. The third-order valence-electron chi connectivity index (χ3n) is 4.18. The normalized spacial score (nSPS) is 10.7. The quantitative estimate of drug-likeness (QED) is 0.587. The molecule has 0 saturated carbocycles. The first-order chi connectivity index (χ1) is 13.1. The highest BCUT2D eigenvalue weighted by Gasteiger charge is 2.19. The fraction of sp³-hybridized carbons (Fsp3) is 0.0952. The average molecular weight is 358 g/mol. The van der Waals surface area contributed by atoms with Crippen LogP contribution in [0.15, 0.2) is 71.5 Å². The number of benzene rings is 2. The van der Waals surface area contributed by atoms with Crippen molar-refractivity contribution in [1.29, 1.82) is 0 Å². The molecule has 1 N–H and O–H groups in total. The third kappa shape index (κ3) is 3.50. The van der Waals surface area contributed by atoms with Crippen molar-refractivity contribution in [3.8, 4) is 17.1 Å². The first-order valence-corrected chi connectivity index (χ1v) is 8.55. The average Bonchev–Trinajstić information content (AvgIpc) is 3.33. The first-order valence-electron chi connectivity index (χ1n) is 8.55. The maximum absolute atomic E-state index is 12.6. The molecule has 134 valence electrons. The van der Waals surface area contributed by atoms with E-state index in [0.717, 1.165) is 22.4 Å². The number of rotatable bonds is 4. The molecule has 0 aliphatic rings. The summed E-state index contributed by atoms with van der Waals surface area (Å²) < 4.78 is 6.82. The van der Waals surface area contributed by atoms with E-state index in [2.05, 4.69) is 15.4 Å². The van der Waals surface area contributed by atoms with Crippen LogP contribution < -0.4 is 5.32 Å². The highest BCUT2D eigenvalue weighted by Crippen LogP contribution is 2.22. The highest BCUT2D eigenvalue weighted by atomic mass is 16.3. The van der Waals surface area contributed by atoms with Crippen molar-refractivity contribution >= 4 is 11.6 Å². The van der Waals surface area contributed by atoms with Crippen molar-refractivity contribution in [2.75, 3.05) is 5.32 Å². The van der Waals surface area contributed by atoms with Gasteiger partial charge in [0.05, 0.1) is 17.5 Å². The van der Waals surface area contributed by atoms with E-state index in [4.69, 9.17) is 4.42 Å². The highest BCUT2D eigenvalue weighted by molar-refractivity contribution is 6.01. The van der Waals surface area contributed by atoms with Crippen molar-refractivity contribution in [2.45, 2.75) is 13.8 Å². The minimum atomic E-state index is -0.366. The lowest BCUT2D eigenvalue weighted by atomic mass is 10.2. The van der Waals surface area contributed by atoms with Crippen molar-refractivity contribution in [3.63, 3.8) is 0 Å². The number of hydrogen-bond donors (Lipinski definition) is 1. The summed E-state index contributed by atoms with van der Waals surface area (Å²) in [4.78, 5) is 17.1. The molecule has 0 aliphatic heterocycles. The van der Waals surface area contributed by atoms with Crippen LogP contribution in [-0.4, -0.2) is 20.7 Å². The molecule has 0 bridgehead atoms. The minimum absolute atomic E-state index is 0.0901. The lowest BCUT2D eigenvalue weighted by Gasteiger charge is -2.04. The Bertz CT molecular complexity index is 1060. The number of carbonyl (C=O) groups excluding carboxylic acids is 1. The zero-order valence-electron chi connectivity index (χ0n) is 15.0. The number of furan rings is 1. The monoisotopic (exact) mass is 358 g/mol. The number of amides is 1. The molecule has 6 nitrogen and oxygen atoms in total. The topological polar surface area (TPSA) is 73.0 Å². The van der Waals surface area contributed by atoms with Gasteiger partial charge in [0.15, 0.2) is 5.82 Å². The van der Waals surface area contributed by atoms with E-state index in [1.54, 1.807) is 23.3 Å². The maximum Gasteiger partial charge on any atom is 0.295 e. The number of nitrogens with zero attached hydrogens (tertiary/aromatic N) is 3. The van der Waals surface area contributed by atoms with Crippen LogP contribution in [0, 0.1) is 13.8 Å². The Morgan fingerprint density at radius 1 is 0.963 bits per heavy atom. The molecule has 0 radical (unpaired) electrons. The molecule has 2 aromatic carbocycles. The number of hydrogen-bond acceptors (Lipinski definition) is 4.